The van der Waals surface area contributed by atoms with Crippen LogP contribution in [0.2, 0.25) is 0 Å². The van der Waals surface area contributed by atoms with E-state index < -0.39 is 0 Å². The first-order valence-electron chi connectivity index (χ1n) is 5.42. The average molecular weight is 216 g/mol. The maximum atomic E-state index is 11.9. The van der Waals surface area contributed by atoms with Crippen LogP contribution in [0.1, 0.15) is 30.1 Å². The molecule has 0 atom stereocenters. The van der Waals surface area contributed by atoms with Gasteiger partial charge in [0.2, 0.25) is 0 Å². The Morgan fingerprint density at radius 1 is 1.50 bits per heavy atom. The van der Waals surface area contributed by atoms with E-state index in [0.29, 0.717) is 11.3 Å². The minimum atomic E-state index is -0.0149. The zero-order valence-electron chi connectivity index (χ0n) is 9.73. The van der Waals surface area contributed by atoms with Gasteiger partial charge in [-0.25, -0.2) is 4.85 Å². The number of rotatable bonds is 4. The standard InChI is InChI=1S/C13H16N2O/c1-4-5-9-15(3)13(16)11-7-6-8-12(10-11)14-2/h6-8,10H,4-5,9H2,1,3H3. The van der Waals surface area contributed by atoms with Crippen LogP contribution in [-0.2, 0) is 0 Å². The lowest BCUT2D eigenvalue weighted by Crippen LogP contribution is -2.27. The van der Waals surface area contributed by atoms with E-state index in [1.807, 2.05) is 0 Å². The Hall–Kier alpha value is -1.82. The fourth-order valence-electron chi connectivity index (χ4n) is 1.43. The zero-order chi connectivity index (χ0) is 12.0. The SMILES string of the molecule is [C-]#[N+]c1cccc(C(=O)N(C)CCCC)c1. The molecule has 3 heteroatoms. The van der Waals surface area contributed by atoms with Gasteiger partial charge in [0.25, 0.3) is 5.91 Å². The van der Waals surface area contributed by atoms with Crippen molar-refractivity contribution in [2.45, 2.75) is 19.8 Å². The van der Waals surface area contributed by atoms with Crippen LogP contribution in [0.5, 0.6) is 0 Å². The molecule has 1 aromatic carbocycles. The Kier molecular flexibility index (Phi) is 4.53. The minimum absolute atomic E-state index is 0.0149. The van der Waals surface area contributed by atoms with E-state index in [1.165, 1.54) is 0 Å². The molecule has 0 bridgehead atoms. The summed E-state index contributed by atoms with van der Waals surface area (Å²) in [6.07, 6.45) is 2.07. The van der Waals surface area contributed by atoms with Crippen LogP contribution in [0.4, 0.5) is 5.69 Å². The summed E-state index contributed by atoms with van der Waals surface area (Å²) in [5.74, 6) is -0.0149. The minimum Gasteiger partial charge on any atom is -0.342 e. The highest BCUT2D eigenvalue weighted by molar-refractivity contribution is 5.95. The molecular formula is C13H16N2O. The van der Waals surface area contributed by atoms with Crippen molar-refractivity contribution in [3.8, 4) is 0 Å². The summed E-state index contributed by atoms with van der Waals surface area (Å²) in [4.78, 5) is 17.0. The molecule has 0 aliphatic rings. The fraction of sp³-hybridized carbons (Fsp3) is 0.385. The number of nitrogens with zero attached hydrogens (tertiary/aromatic N) is 2. The first-order valence-corrected chi connectivity index (χ1v) is 5.42. The number of unbranched alkanes of at least 4 members (excludes halogenated alkanes) is 1. The number of carbonyl (C=O) groups excluding carboxylic acids is 1. The van der Waals surface area contributed by atoms with Crippen LogP contribution >= 0.6 is 0 Å². The second-order valence-electron chi connectivity index (χ2n) is 3.74. The highest BCUT2D eigenvalue weighted by atomic mass is 16.2. The third kappa shape index (κ3) is 3.09. The quantitative estimate of drug-likeness (QED) is 0.710. The fourth-order valence-corrected chi connectivity index (χ4v) is 1.43. The molecule has 0 radical (unpaired) electrons. The lowest BCUT2D eigenvalue weighted by atomic mass is 10.1. The summed E-state index contributed by atoms with van der Waals surface area (Å²) in [7, 11) is 1.79. The van der Waals surface area contributed by atoms with Crippen LogP contribution in [-0.4, -0.2) is 24.4 Å². The van der Waals surface area contributed by atoms with Crippen molar-refractivity contribution >= 4 is 11.6 Å². The molecule has 1 aromatic rings. The second-order valence-corrected chi connectivity index (χ2v) is 3.74. The van der Waals surface area contributed by atoms with Gasteiger partial charge in [0, 0.05) is 19.2 Å². The number of hydrogen-bond acceptors (Lipinski definition) is 1. The summed E-state index contributed by atoms with van der Waals surface area (Å²) in [5, 5.41) is 0. The molecule has 0 aliphatic carbocycles. The van der Waals surface area contributed by atoms with Gasteiger partial charge in [-0.1, -0.05) is 31.5 Å². The Balaban J connectivity index is 2.76. The predicted molar refractivity (Wildman–Crippen MR) is 64.6 cm³/mol. The third-order valence-electron chi connectivity index (χ3n) is 2.42. The van der Waals surface area contributed by atoms with E-state index in [2.05, 4.69) is 11.8 Å². The van der Waals surface area contributed by atoms with E-state index in [9.17, 15) is 4.79 Å². The zero-order valence-corrected chi connectivity index (χ0v) is 9.73. The van der Waals surface area contributed by atoms with E-state index in [1.54, 1.807) is 36.2 Å². The molecule has 0 aromatic heterocycles. The van der Waals surface area contributed by atoms with Gasteiger partial charge >= 0.3 is 0 Å². The smallest absolute Gasteiger partial charge is 0.252 e. The van der Waals surface area contributed by atoms with Gasteiger partial charge in [-0.15, -0.1) is 0 Å². The van der Waals surface area contributed by atoms with E-state index in [-0.39, 0.29) is 5.91 Å². The normalized spacial score (nSPS) is 9.56. The van der Waals surface area contributed by atoms with Crippen LogP contribution < -0.4 is 0 Å². The predicted octanol–water partition coefficient (Wildman–Crippen LogP) is 3.11. The van der Waals surface area contributed by atoms with Crippen molar-refractivity contribution in [2.75, 3.05) is 13.6 Å². The van der Waals surface area contributed by atoms with Gasteiger partial charge < -0.3 is 4.90 Å². The van der Waals surface area contributed by atoms with Gasteiger partial charge in [0.15, 0.2) is 5.69 Å². The maximum absolute atomic E-state index is 11.9. The Morgan fingerprint density at radius 3 is 2.88 bits per heavy atom. The topological polar surface area (TPSA) is 24.7 Å². The average Bonchev–Trinajstić information content (AvgIpc) is 2.35. The van der Waals surface area contributed by atoms with E-state index in [0.717, 1.165) is 19.4 Å². The molecule has 0 heterocycles. The number of carbonyl (C=O) groups is 1. The van der Waals surface area contributed by atoms with Crippen molar-refractivity contribution in [3.63, 3.8) is 0 Å². The second kappa shape index (κ2) is 5.92. The van der Waals surface area contributed by atoms with Crippen molar-refractivity contribution < 1.29 is 4.79 Å². The summed E-state index contributed by atoms with van der Waals surface area (Å²) in [6.45, 7) is 9.76. The molecule has 0 unspecified atom stereocenters. The molecule has 3 nitrogen and oxygen atoms in total. The lowest BCUT2D eigenvalue weighted by molar-refractivity contribution is 0.0793. The van der Waals surface area contributed by atoms with Crippen molar-refractivity contribution in [3.05, 3.63) is 41.2 Å². The molecule has 0 N–H and O–H groups in total. The Morgan fingerprint density at radius 2 is 2.25 bits per heavy atom. The molecular weight excluding hydrogens is 200 g/mol. The molecule has 84 valence electrons. The molecule has 1 amide bonds. The molecule has 0 fully saturated rings. The largest absolute Gasteiger partial charge is 0.342 e. The van der Waals surface area contributed by atoms with Gasteiger partial charge in [0.05, 0.1) is 6.57 Å². The van der Waals surface area contributed by atoms with Crippen molar-refractivity contribution in [2.24, 2.45) is 0 Å². The Labute approximate surface area is 96.5 Å². The lowest BCUT2D eigenvalue weighted by Gasteiger charge is -2.16. The molecule has 0 saturated carbocycles. The molecule has 0 saturated heterocycles. The van der Waals surface area contributed by atoms with Crippen LogP contribution in [0.25, 0.3) is 4.85 Å². The highest BCUT2D eigenvalue weighted by Crippen LogP contribution is 2.15. The maximum Gasteiger partial charge on any atom is 0.252 e. The molecule has 1 rings (SSSR count). The Bertz CT molecular complexity index is 407. The number of amides is 1. The third-order valence-corrected chi connectivity index (χ3v) is 2.42. The first-order chi connectivity index (χ1) is 7.69. The van der Waals surface area contributed by atoms with Crippen LogP contribution in [0, 0.1) is 6.57 Å². The molecule has 0 spiro atoms. The van der Waals surface area contributed by atoms with E-state index in [4.69, 9.17) is 6.57 Å². The van der Waals surface area contributed by atoms with Crippen LogP contribution in [0.15, 0.2) is 24.3 Å². The summed E-state index contributed by atoms with van der Waals surface area (Å²) < 4.78 is 0. The summed E-state index contributed by atoms with van der Waals surface area (Å²) >= 11 is 0. The molecule has 0 aliphatic heterocycles. The monoisotopic (exact) mass is 216 g/mol. The van der Waals surface area contributed by atoms with Gasteiger partial charge in [-0.2, -0.15) is 0 Å². The van der Waals surface area contributed by atoms with Crippen molar-refractivity contribution in [1.29, 1.82) is 0 Å². The number of hydrogen-bond donors (Lipinski definition) is 0. The highest BCUT2D eigenvalue weighted by Gasteiger charge is 2.10. The number of benzene rings is 1. The summed E-state index contributed by atoms with van der Waals surface area (Å²) in [5.41, 5.74) is 1.10. The molecule has 16 heavy (non-hydrogen) atoms. The summed E-state index contributed by atoms with van der Waals surface area (Å²) in [6, 6.07) is 6.83. The van der Waals surface area contributed by atoms with Gasteiger partial charge in [-0.05, 0) is 12.5 Å². The van der Waals surface area contributed by atoms with Gasteiger partial charge in [0.1, 0.15) is 0 Å². The van der Waals surface area contributed by atoms with Gasteiger partial charge in [-0.3, -0.25) is 4.79 Å². The van der Waals surface area contributed by atoms with Crippen LogP contribution in [0.3, 0.4) is 0 Å². The first kappa shape index (κ1) is 12.3. The van der Waals surface area contributed by atoms with E-state index >= 15 is 0 Å². The van der Waals surface area contributed by atoms with Crippen molar-refractivity contribution in [1.82, 2.24) is 4.90 Å².